The number of nitrogens with zero attached hydrogens (tertiary/aromatic N) is 1. The molecule has 90 valence electrons. The Bertz CT molecular complexity index is 485. The normalized spacial score (nSPS) is 19.4. The number of benzene rings is 1. The molecule has 0 bridgehead atoms. The molecule has 2 aliphatic rings. The number of fused-ring (bicyclic) bond motifs is 1. The number of hydrogen-bond donors (Lipinski definition) is 0. The Balaban J connectivity index is 1.83. The standard InChI is InChI=1S/C13H13BrFNO/c14-11-5-10-9(4-12(11)15)7-16(13(10)17)6-8-2-1-3-8/h4-5,8H,1-3,6-7H2. The highest BCUT2D eigenvalue weighted by Crippen LogP contribution is 2.32. The van der Waals surface area contributed by atoms with E-state index in [9.17, 15) is 9.18 Å². The van der Waals surface area contributed by atoms with Crippen LogP contribution in [0.15, 0.2) is 16.6 Å². The Morgan fingerprint density at radius 1 is 1.41 bits per heavy atom. The molecule has 2 nitrogen and oxygen atoms in total. The van der Waals surface area contributed by atoms with Crippen LogP contribution in [0.2, 0.25) is 0 Å². The lowest BCUT2D eigenvalue weighted by molar-refractivity contribution is 0.0719. The summed E-state index contributed by atoms with van der Waals surface area (Å²) in [6, 6.07) is 3.08. The van der Waals surface area contributed by atoms with Crippen molar-refractivity contribution in [3.63, 3.8) is 0 Å². The molecule has 0 radical (unpaired) electrons. The molecule has 1 aromatic carbocycles. The van der Waals surface area contributed by atoms with E-state index in [-0.39, 0.29) is 11.7 Å². The zero-order valence-corrected chi connectivity index (χ0v) is 11.0. The summed E-state index contributed by atoms with van der Waals surface area (Å²) in [5.74, 6) is 0.413. The molecule has 1 fully saturated rings. The van der Waals surface area contributed by atoms with Crippen molar-refractivity contribution in [1.29, 1.82) is 0 Å². The number of carbonyl (C=O) groups excluding carboxylic acids is 1. The first-order valence-electron chi connectivity index (χ1n) is 5.92. The number of hydrogen-bond acceptors (Lipinski definition) is 1. The smallest absolute Gasteiger partial charge is 0.254 e. The van der Waals surface area contributed by atoms with Crippen LogP contribution in [-0.2, 0) is 6.54 Å². The summed E-state index contributed by atoms with van der Waals surface area (Å²) in [6.07, 6.45) is 3.72. The summed E-state index contributed by atoms with van der Waals surface area (Å²) in [5, 5.41) is 0. The molecule has 0 aromatic heterocycles. The highest BCUT2D eigenvalue weighted by molar-refractivity contribution is 9.10. The third-order valence-corrected chi connectivity index (χ3v) is 4.34. The van der Waals surface area contributed by atoms with Gasteiger partial charge in [0.05, 0.1) is 4.47 Å². The molecular weight excluding hydrogens is 285 g/mol. The second-order valence-electron chi connectivity index (χ2n) is 4.91. The van der Waals surface area contributed by atoms with Crippen LogP contribution >= 0.6 is 15.9 Å². The van der Waals surface area contributed by atoms with E-state index in [1.54, 1.807) is 6.07 Å². The van der Waals surface area contributed by atoms with Crippen molar-refractivity contribution >= 4 is 21.8 Å². The van der Waals surface area contributed by atoms with E-state index in [1.165, 1.54) is 25.3 Å². The molecule has 1 aliphatic carbocycles. The van der Waals surface area contributed by atoms with Gasteiger partial charge in [-0.2, -0.15) is 0 Å². The predicted octanol–water partition coefficient (Wildman–Crippen LogP) is 3.34. The molecular formula is C13H13BrFNO. The van der Waals surface area contributed by atoms with Crippen LogP contribution in [0.3, 0.4) is 0 Å². The summed E-state index contributed by atoms with van der Waals surface area (Å²) in [7, 11) is 0. The van der Waals surface area contributed by atoms with Crippen LogP contribution in [0, 0.1) is 11.7 Å². The topological polar surface area (TPSA) is 20.3 Å². The predicted molar refractivity (Wildman–Crippen MR) is 66.2 cm³/mol. The van der Waals surface area contributed by atoms with E-state index in [0.29, 0.717) is 22.5 Å². The molecule has 3 rings (SSSR count). The maximum atomic E-state index is 13.4. The molecule has 1 aromatic rings. The lowest BCUT2D eigenvalue weighted by Crippen LogP contribution is -2.32. The molecule has 4 heteroatoms. The van der Waals surface area contributed by atoms with Crippen LogP contribution in [0.5, 0.6) is 0 Å². The zero-order chi connectivity index (χ0) is 12.0. The Kier molecular flexibility index (Phi) is 2.69. The fourth-order valence-corrected chi connectivity index (χ4v) is 2.84. The van der Waals surface area contributed by atoms with Crippen molar-refractivity contribution < 1.29 is 9.18 Å². The van der Waals surface area contributed by atoms with Crippen LogP contribution in [0.25, 0.3) is 0 Å². The van der Waals surface area contributed by atoms with Crippen molar-refractivity contribution in [2.75, 3.05) is 6.54 Å². The molecule has 0 unspecified atom stereocenters. The largest absolute Gasteiger partial charge is 0.334 e. The van der Waals surface area contributed by atoms with Crippen molar-refractivity contribution in [3.05, 3.63) is 33.5 Å². The fraction of sp³-hybridized carbons (Fsp3) is 0.462. The quantitative estimate of drug-likeness (QED) is 0.820. The van der Waals surface area contributed by atoms with Crippen molar-refractivity contribution in [2.45, 2.75) is 25.8 Å². The minimum atomic E-state index is -0.290. The number of rotatable bonds is 2. The van der Waals surface area contributed by atoms with E-state index in [1.807, 2.05) is 4.90 Å². The van der Waals surface area contributed by atoms with E-state index < -0.39 is 0 Å². The Hall–Kier alpha value is -0.900. The second kappa shape index (κ2) is 4.09. The Morgan fingerprint density at radius 3 is 2.82 bits per heavy atom. The maximum Gasteiger partial charge on any atom is 0.254 e. The molecule has 17 heavy (non-hydrogen) atoms. The Labute approximate surface area is 108 Å². The van der Waals surface area contributed by atoms with Crippen molar-refractivity contribution in [1.82, 2.24) is 4.90 Å². The summed E-state index contributed by atoms with van der Waals surface area (Å²) in [4.78, 5) is 14.0. The second-order valence-corrected chi connectivity index (χ2v) is 5.76. The first-order valence-corrected chi connectivity index (χ1v) is 6.71. The molecule has 0 atom stereocenters. The van der Waals surface area contributed by atoms with Gasteiger partial charge in [-0.05, 0) is 52.4 Å². The first kappa shape index (κ1) is 11.2. The molecule has 1 heterocycles. The molecule has 1 aliphatic heterocycles. The van der Waals surface area contributed by atoms with Gasteiger partial charge in [-0.1, -0.05) is 6.42 Å². The maximum absolute atomic E-state index is 13.4. The van der Waals surface area contributed by atoms with E-state index >= 15 is 0 Å². The number of amides is 1. The number of carbonyl (C=O) groups is 1. The average molecular weight is 298 g/mol. The minimum Gasteiger partial charge on any atom is -0.334 e. The van der Waals surface area contributed by atoms with Gasteiger partial charge in [0.25, 0.3) is 5.91 Å². The third-order valence-electron chi connectivity index (χ3n) is 3.73. The molecule has 1 amide bonds. The van der Waals surface area contributed by atoms with Gasteiger partial charge in [0.2, 0.25) is 0 Å². The van der Waals surface area contributed by atoms with Crippen LogP contribution in [0.4, 0.5) is 4.39 Å². The lowest BCUT2D eigenvalue weighted by Gasteiger charge is -2.29. The summed E-state index contributed by atoms with van der Waals surface area (Å²) >= 11 is 3.13. The van der Waals surface area contributed by atoms with Gasteiger partial charge in [-0.3, -0.25) is 4.79 Å². The summed E-state index contributed by atoms with van der Waals surface area (Å²) < 4.78 is 13.8. The van der Waals surface area contributed by atoms with Crippen LogP contribution in [0.1, 0.15) is 35.2 Å². The van der Waals surface area contributed by atoms with Gasteiger partial charge in [0, 0.05) is 18.7 Å². The van der Waals surface area contributed by atoms with Crippen LogP contribution < -0.4 is 0 Å². The molecule has 1 saturated carbocycles. The van der Waals surface area contributed by atoms with Gasteiger partial charge in [0.1, 0.15) is 5.82 Å². The Morgan fingerprint density at radius 2 is 2.18 bits per heavy atom. The molecule has 0 saturated heterocycles. The molecule has 0 spiro atoms. The first-order chi connectivity index (χ1) is 8.15. The van der Waals surface area contributed by atoms with Crippen LogP contribution in [-0.4, -0.2) is 17.4 Å². The lowest BCUT2D eigenvalue weighted by atomic mass is 9.85. The highest BCUT2D eigenvalue weighted by Gasteiger charge is 2.31. The van der Waals surface area contributed by atoms with Gasteiger partial charge in [-0.25, -0.2) is 4.39 Å². The van der Waals surface area contributed by atoms with E-state index in [4.69, 9.17) is 0 Å². The van der Waals surface area contributed by atoms with E-state index in [0.717, 1.165) is 12.1 Å². The van der Waals surface area contributed by atoms with Gasteiger partial charge in [-0.15, -0.1) is 0 Å². The average Bonchev–Trinajstić information content (AvgIpc) is 2.52. The van der Waals surface area contributed by atoms with Gasteiger partial charge < -0.3 is 4.90 Å². The van der Waals surface area contributed by atoms with Gasteiger partial charge >= 0.3 is 0 Å². The monoisotopic (exact) mass is 297 g/mol. The number of halogens is 2. The summed E-state index contributed by atoms with van der Waals surface area (Å²) in [5.41, 5.74) is 1.47. The highest BCUT2D eigenvalue weighted by atomic mass is 79.9. The van der Waals surface area contributed by atoms with Gasteiger partial charge in [0.15, 0.2) is 0 Å². The summed E-state index contributed by atoms with van der Waals surface area (Å²) in [6.45, 7) is 1.39. The van der Waals surface area contributed by atoms with Crippen molar-refractivity contribution in [2.24, 2.45) is 5.92 Å². The van der Waals surface area contributed by atoms with E-state index in [2.05, 4.69) is 15.9 Å². The molecule has 0 N–H and O–H groups in total. The van der Waals surface area contributed by atoms with Crippen molar-refractivity contribution in [3.8, 4) is 0 Å². The zero-order valence-electron chi connectivity index (χ0n) is 9.38. The third kappa shape index (κ3) is 1.88. The SMILES string of the molecule is O=C1c2cc(Br)c(F)cc2CN1CC1CCC1. The minimum absolute atomic E-state index is 0.0487. The fourth-order valence-electron chi connectivity index (χ4n) is 2.50.